The van der Waals surface area contributed by atoms with Gasteiger partial charge < -0.3 is 4.90 Å². The molecule has 1 unspecified atom stereocenters. The fourth-order valence-electron chi connectivity index (χ4n) is 2.01. The molecule has 1 atom stereocenters. The third kappa shape index (κ3) is 2.95. The summed E-state index contributed by atoms with van der Waals surface area (Å²) in [5.74, 6) is -0.389. The Labute approximate surface area is 121 Å². The van der Waals surface area contributed by atoms with Gasteiger partial charge >= 0.3 is 0 Å². The molecule has 1 aromatic rings. The van der Waals surface area contributed by atoms with Gasteiger partial charge in [0.25, 0.3) is 5.91 Å². The lowest BCUT2D eigenvalue weighted by Gasteiger charge is -2.34. The molecule has 1 saturated heterocycles. The van der Waals surface area contributed by atoms with Gasteiger partial charge in [0, 0.05) is 30.0 Å². The van der Waals surface area contributed by atoms with Crippen LogP contribution in [-0.4, -0.2) is 53.4 Å². The second-order valence-corrected chi connectivity index (χ2v) is 7.93. The minimum atomic E-state index is -3.39. The Balaban J connectivity index is 2.34. The lowest BCUT2D eigenvalue weighted by Crippen LogP contribution is -2.50. The highest BCUT2D eigenvalue weighted by Gasteiger charge is 2.36. The van der Waals surface area contributed by atoms with Crippen LogP contribution in [0.3, 0.4) is 0 Å². The van der Waals surface area contributed by atoms with Crippen LogP contribution < -0.4 is 0 Å². The first kappa shape index (κ1) is 15.2. The van der Waals surface area contributed by atoms with Gasteiger partial charge in [-0.15, -0.1) is 0 Å². The highest BCUT2D eigenvalue weighted by atomic mass is 32.2. The predicted molar refractivity (Wildman–Crippen MR) is 75.8 cm³/mol. The van der Waals surface area contributed by atoms with Gasteiger partial charge in [0.1, 0.15) is 5.37 Å². The number of pyridine rings is 1. The van der Waals surface area contributed by atoms with Gasteiger partial charge in [0.2, 0.25) is 0 Å². The molecule has 2 heterocycles. The van der Waals surface area contributed by atoms with Gasteiger partial charge in [-0.25, -0.2) is 12.8 Å². The lowest BCUT2D eigenvalue weighted by molar-refractivity contribution is 0.0744. The van der Waals surface area contributed by atoms with Crippen LogP contribution in [0.4, 0.5) is 4.39 Å². The molecule has 110 valence electrons. The molecule has 2 rings (SSSR count). The summed E-state index contributed by atoms with van der Waals surface area (Å²) in [5, 5.41) is -0.883. The molecule has 1 aliphatic heterocycles. The van der Waals surface area contributed by atoms with Crippen LogP contribution in [0.1, 0.15) is 17.3 Å². The average Bonchev–Trinajstić information content (AvgIpc) is 2.47. The van der Waals surface area contributed by atoms with Gasteiger partial charge in [0.05, 0.1) is 11.8 Å². The number of hydrogen-bond acceptors (Lipinski definition) is 5. The van der Waals surface area contributed by atoms with Crippen molar-refractivity contribution in [3.63, 3.8) is 0 Å². The van der Waals surface area contributed by atoms with E-state index in [0.29, 0.717) is 18.1 Å². The number of thioether (sulfide) groups is 1. The summed E-state index contributed by atoms with van der Waals surface area (Å²) < 4.78 is 37.8. The van der Waals surface area contributed by atoms with Crippen molar-refractivity contribution in [2.24, 2.45) is 0 Å². The van der Waals surface area contributed by atoms with Crippen molar-refractivity contribution < 1.29 is 17.6 Å². The van der Waals surface area contributed by atoms with Crippen LogP contribution in [-0.2, 0) is 9.84 Å². The zero-order valence-corrected chi connectivity index (χ0v) is 12.6. The van der Waals surface area contributed by atoms with Gasteiger partial charge in [-0.3, -0.25) is 9.78 Å². The second kappa shape index (κ2) is 6.09. The zero-order chi connectivity index (χ0) is 14.8. The zero-order valence-electron chi connectivity index (χ0n) is 11.0. The molecular formula is C12H15FN2O3S2. The molecule has 1 aromatic heterocycles. The number of carbonyl (C=O) groups is 1. The molecule has 1 fully saturated rings. The molecule has 8 heteroatoms. The van der Waals surface area contributed by atoms with Crippen molar-refractivity contribution in [3.05, 3.63) is 29.8 Å². The fourth-order valence-corrected chi connectivity index (χ4v) is 4.97. The van der Waals surface area contributed by atoms with Crippen molar-refractivity contribution in [2.45, 2.75) is 12.3 Å². The minimum Gasteiger partial charge on any atom is -0.320 e. The topological polar surface area (TPSA) is 67.3 Å². The number of amides is 1. The smallest absolute Gasteiger partial charge is 0.258 e. The first-order chi connectivity index (χ1) is 9.47. The van der Waals surface area contributed by atoms with Crippen LogP contribution in [0, 0.1) is 5.82 Å². The summed E-state index contributed by atoms with van der Waals surface area (Å²) in [6.45, 7) is 1.85. The van der Waals surface area contributed by atoms with Crippen LogP contribution in [0.15, 0.2) is 18.5 Å². The van der Waals surface area contributed by atoms with E-state index in [-0.39, 0.29) is 11.3 Å². The molecule has 0 radical (unpaired) electrons. The summed E-state index contributed by atoms with van der Waals surface area (Å²) in [6, 6.07) is 1.27. The highest BCUT2D eigenvalue weighted by molar-refractivity contribution is 8.01. The summed E-state index contributed by atoms with van der Waals surface area (Å²) in [6.07, 6.45) is 2.27. The number of aromatic nitrogens is 1. The van der Waals surface area contributed by atoms with Crippen molar-refractivity contribution in [1.29, 1.82) is 0 Å². The first-order valence-corrected chi connectivity index (χ1v) is 9.04. The third-order valence-corrected chi connectivity index (χ3v) is 6.45. The van der Waals surface area contributed by atoms with Crippen LogP contribution >= 0.6 is 11.8 Å². The molecule has 1 aliphatic rings. The molecular weight excluding hydrogens is 303 g/mol. The molecule has 20 heavy (non-hydrogen) atoms. The third-order valence-electron chi connectivity index (χ3n) is 3.17. The molecule has 0 aliphatic carbocycles. The van der Waals surface area contributed by atoms with Crippen LogP contribution in [0.2, 0.25) is 0 Å². The Bertz CT molecular complexity index is 606. The molecule has 0 aromatic carbocycles. The van der Waals surface area contributed by atoms with E-state index in [9.17, 15) is 17.6 Å². The molecule has 5 nitrogen and oxygen atoms in total. The number of hydrogen-bond donors (Lipinski definition) is 0. The second-order valence-electron chi connectivity index (χ2n) is 4.34. The lowest BCUT2D eigenvalue weighted by atomic mass is 10.2. The molecule has 1 amide bonds. The highest BCUT2D eigenvalue weighted by Crippen LogP contribution is 2.23. The van der Waals surface area contributed by atoms with E-state index >= 15 is 0 Å². The maximum atomic E-state index is 13.6. The number of sulfone groups is 1. The van der Waals surface area contributed by atoms with Gasteiger partial charge in [-0.1, -0.05) is 6.92 Å². The van der Waals surface area contributed by atoms with Crippen molar-refractivity contribution in [2.75, 3.05) is 23.8 Å². The van der Waals surface area contributed by atoms with E-state index in [0.717, 1.165) is 6.20 Å². The van der Waals surface area contributed by atoms with E-state index in [1.165, 1.54) is 28.9 Å². The van der Waals surface area contributed by atoms with Crippen LogP contribution in [0.25, 0.3) is 0 Å². The Morgan fingerprint density at radius 2 is 2.35 bits per heavy atom. The number of nitrogens with zero attached hydrogens (tertiary/aromatic N) is 2. The predicted octanol–water partition coefficient (Wildman–Crippen LogP) is 1.17. The molecule has 0 N–H and O–H groups in total. The van der Waals surface area contributed by atoms with E-state index < -0.39 is 26.9 Å². The fraction of sp³-hybridized carbons (Fsp3) is 0.500. The van der Waals surface area contributed by atoms with E-state index in [2.05, 4.69) is 4.98 Å². The normalized spacial score (nSPS) is 19.9. The Morgan fingerprint density at radius 3 is 3.00 bits per heavy atom. The van der Waals surface area contributed by atoms with Crippen molar-refractivity contribution in [1.82, 2.24) is 9.88 Å². The summed E-state index contributed by atoms with van der Waals surface area (Å²) in [5.41, 5.74) is -0.136. The van der Waals surface area contributed by atoms with Gasteiger partial charge in [0.15, 0.2) is 15.7 Å². The SMILES string of the molecule is CCS(=O)(=O)C1CSCCN1C(=O)c1ccncc1F. The number of halogens is 1. The number of carbonyl (C=O) groups excluding carboxylic acids is 1. The quantitative estimate of drug-likeness (QED) is 0.837. The average molecular weight is 318 g/mol. The first-order valence-electron chi connectivity index (χ1n) is 6.17. The van der Waals surface area contributed by atoms with Crippen LogP contribution in [0.5, 0.6) is 0 Å². The monoisotopic (exact) mass is 318 g/mol. The van der Waals surface area contributed by atoms with Gasteiger partial charge in [-0.05, 0) is 6.07 Å². The Kier molecular flexibility index (Phi) is 4.64. The Hall–Kier alpha value is -1.15. The van der Waals surface area contributed by atoms with E-state index in [4.69, 9.17) is 0 Å². The summed E-state index contributed by atoms with van der Waals surface area (Å²) >= 11 is 1.49. The van der Waals surface area contributed by atoms with E-state index in [1.807, 2.05) is 0 Å². The molecule has 0 bridgehead atoms. The molecule has 0 spiro atoms. The minimum absolute atomic E-state index is 0.0408. The number of rotatable bonds is 3. The standard InChI is InChI=1S/C12H15FN2O3S2/c1-2-20(17,18)11-8-19-6-5-15(11)12(16)9-3-4-14-7-10(9)13/h3-4,7,11H,2,5-6,8H2,1H3. The van der Waals surface area contributed by atoms with Crippen molar-refractivity contribution >= 4 is 27.5 Å². The Morgan fingerprint density at radius 1 is 1.60 bits per heavy atom. The summed E-state index contributed by atoms with van der Waals surface area (Å²) in [7, 11) is -3.39. The maximum absolute atomic E-state index is 13.6. The van der Waals surface area contributed by atoms with E-state index in [1.54, 1.807) is 6.92 Å². The maximum Gasteiger partial charge on any atom is 0.258 e. The molecule has 0 saturated carbocycles. The van der Waals surface area contributed by atoms with Crippen molar-refractivity contribution in [3.8, 4) is 0 Å². The summed E-state index contributed by atoms with van der Waals surface area (Å²) in [4.78, 5) is 17.2. The largest absolute Gasteiger partial charge is 0.320 e. The van der Waals surface area contributed by atoms with Gasteiger partial charge in [-0.2, -0.15) is 11.8 Å².